The summed E-state index contributed by atoms with van der Waals surface area (Å²) < 4.78 is 5.93. The lowest BCUT2D eigenvalue weighted by atomic mass is 9.48. The number of nitrogens with one attached hydrogen (secondary N) is 1. The molecule has 4 aliphatic carbocycles. The summed E-state index contributed by atoms with van der Waals surface area (Å²) in [7, 11) is 0. The van der Waals surface area contributed by atoms with Crippen LogP contribution in [0.3, 0.4) is 0 Å². The minimum absolute atomic E-state index is 0.0506. The molecule has 4 fully saturated rings. The van der Waals surface area contributed by atoms with Gasteiger partial charge in [0.05, 0.1) is 0 Å². The Hall–Kier alpha value is -1.51. The molecule has 3 nitrogen and oxygen atoms in total. The Labute approximate surface area is 151 Å². The molecule has 1 N–H and O–H groups in total. The molecule has 3 heteroatoms. The summed E-state index contributed by atoms with van der Waals surface area (Å²) in [5, 5.41) is 3.34. The van der Waals surface area contributed by atoms with Gasteiger partial charge < -0.3 is 10.1 Å². The summed E-state index contributed by atoms with van der Waals surface area (Å²) in [5.74, 6) is 3.55. The number of rotatable bonds is 6. The first-order valence-electron chi connectivity index (χ1n) is 10.1. The van der Waals surface area contributed by atoms with Crippen LogP contribution in [-0.2, 0) is 4.79 Å². The maximum Gasteiger partial charge on any atom is 0.261 e. The number of ether oxygens (including phenoxy) is 1. The van der Waals surface area contributed by atoms with E-state index in [2.05, 4.69) is 12.2 Å². The first kappa shape index (κ1) is 16.9. The maximum absolute atomic E-state index is 12.8. The van der Waals surface area contributed by atoms with Gasteiger partial charge in [-0.2, -0.15) is 0 Å². The molecule has 1 aromatic carbocycles. The van der Waals surface area contributed by atoms with E-state index in [1.165, 1.54) is 38.5 Å². The molecule has 4 saturated carbocycles. The van der Waals surface area contributed by atoms with Gasteiger partial charge in [-0.3, -0.25) is 4.79 Å². The highest BCUT2D eigenvalue weighted by atomic mass is 16.5. The zero-order valence-electron chi connectivity index (χ0n) is 15.5. The van der Waals surface area contributed by atoms with E-state index in [-0.39, 0.29) is 11.9 Å². The van der Waals surface area contributed by atoms with Crippen molar-refractivity contribution in [3.05, 3.63) is 30.3 Å². The van der Waals surface area contributed by atoms with Crippen molar-refractivity contribution >= 4 is 5.91 Å². The third-order valence-electron chi connectivity index (χ3n) is 7.05. The minimum Gasteiger partial charge on any atom is -0.481 e. The highest BCUT2D eigenvalue weighted by molar-refractivity contribution is 5.81. The zero-order chi connectivity index (χ0) is 17.4. The van der Waals surface area contributed by atoms with Crippen molar-refractivity contribution in [3.8, 4) is 5.75 Å². The second-order valence-corrected chi connectivity index (χ2v) is 8.84. The molecule has 4 bridgehead atoms. The topological polar surface area (TPSA) is 38.3 Å². The maximum atomic E-state index is 12.8. The summed E-state index contributed by atoms with van der Waals surface area (Å²) in [4.78, 5) is 12.8. The van der Waals surface area contributed by atoms with Crippen LogP contribution in [0.2, 0.25) is 0 Å². The zero-order valence-corrected chi connectivity index (χ0v) is 15.5. The van der Waals surface area contributed by atoms with Crippen molar-refractivity contribution in [2.24, 2.45) is 23.2 Å². The van der Waals surface area contributed by atoms with Crippen LogP contribution in [0.15, 0.2) is 30.3 Å². The van der Waals surface area contributed by atoms with Crippen LogP contribution in [-0.4, -0.2) is 18.1 Å². The number of para-hydroxylation sites is 1. The Balaban J connectivity index is 1.41. The number of hydrogen-bond donors (Lipinski definition) is 1. The SMILES string of the molecule is CCC(Oc1ccccc1)C(=O)NC(C)C12CC3CC(CC(C3)C1)C2. The average molecular weight is 341 g/mol. The van der Waals surface area contributed by atoms with Crippen molar-refractivity contribution in [3.63, 3.8) is 0 Å². The monoisotopic (exact) mass is 341 g/mol. The van der Waals surface area contributed by atoms with E-state index in [0.717, 1.165) is 23.5 Å². The Bertz CT molecular complexity index is 576. The molecule has 1 aromatic rings. The number of carbonyl (C=O) groups excluding carboxylic acids is 1. The number of hydrogen-bond acceptors (Lipinski definition) is 2. The molecule has 0 spiro atoms. The van der Waals surface area contributed by atoms with Crippen LogP contribution in [0.25, 0.3) is 0 Å². The summed E-state index contributed by atoms with van der Waals surface area (Å²) >= 11 is 0. The Kier molecular flexibility index (Phi) is 4.51. The molecule has 0 heterocycles. The van der Waals surface area contributed by atoms with Gasteiger partial charge in [0, 0.05) is 6.04 Å². The molecule has 2 unspecified atom stereocenters. The van der Waals surface area contributed by atoms with Crippen LogP contribution in [0.5, 0.6) is 5.75 Å². The smallest absolute Gasteiger partial charge is 0.261 e. The molecule has 4 aliphatic rings. The predicted molar refractivity (Wildman–Crippen MR) is 99.4 cm³/mol. The molecule has 2 atom stereocenters. The largest absolute Gasteiger partial charge is 0.481 e. The van der Waals surface area contributed by atoms with Crippen LogP contribution in [0.4, 0.5) is 0 Å². The fourth-order valence-electron chi connectivity index (χ4n) is 6.15. The summed E-state index contributed by atoms with van der Waals surface area (Å²) in [5.41, 5.74) is 0.343. The fraction of sp³-hybridized carbons (Fsp3) is 0.682. The Morgan fingerprint density at radius 3 is 2.20 bits per heavy atom. The van der Waals surface area contributed by atoms with E-state index < -0.39 is 6.10 Å². The van der Waals surface area contributed by atoms with Crippen molar-refractivity contribution in [1.29, 1.82) is 0 Å². The summed E-state index contributed by atoms with van der Waals surface area (Å²) in [6, 6.07) is 9.93. The van der Waals surface area contributed by atoms with Gasteiger partial charge in [0.15, 0.2) is 6.10 Å². The van der Waals surface area contributed by atoms with Crippen LogP contribution in [0.1, 0.15) is 58.8 Å². The van der Waals surface area contributed by atoms with Crippen molar-refractivity contribution in [1.82, 2.24) is 5.32 Å². The van der Waals surface area contributed by atoms with Gasteiger partial charge in [0.25, 0.3) is 5.91 Å². The quantitative estimate of drug-likeness (QED) is 0.823. The first-order valence-corrected chi connectivity index (χ1v) is 10.1. The molecule has 0 aliphatic heterocycles. The number of amides is 1. The standard InChI is InChI=1S/C22H31NO2/c1-3-20(25-19-7-5-4-6-8-19)21(24)23-15(2)22-12-16-9-17(13-22)11-18(10-16)14-22/h4-8,15-18,20H,3,9-14H2,1-2H3,(H,23,24). The van der Waals surface area contributed by atoms with Gasteiger partial charge in [0.1, 0.15) is 5.75 Å². The molecule has 0 aromatic heterocycles. The Morgan fingerprint density at radius 1 is 1.12 bits per heavy atom. The van der Waals surface area contributed by atoms with Crippen LogP contribution in [0, 0.1) is 23.2 Å². The van der Waals surface area contributed by atoms with E-state index in [0.29, 0.717) is 11.8 Å². The van der Waals surface area contributed by atoms with Gasteiger partial charge in [-0.25, -0.2) is 0 Å². The van der Waals surface area contributed by atoms with Crippen molar-refractivity contribution in [2.75, 3.05) is 0 Å². The van der Waals surface area contributed by atoms with Gasteiger partial charge in [-0.15, -0.1) is 0 Å². The minimum atomic E-state index is -0.404. The predicted octanol–water partition coefficient (Wildman–Crippen LogP) is 4.57. The van der Waals surface area contributed by atoms with Gasteiger partial charge in [-0.05, 0) is 87.2 Å². The molecule has 0 radical (unpaired) electrons. The average Bonchev–Trinajstić information content (AvgIpc) is 2.59. The number of carbonyl (C=O) groups is 1. The third kappa shape index (κ3) is 3.30. The van der Waals surface area contributed by atoms with Gasteiger partial charge in [0.2, 0.25) is 0 Å². The van der Waals surface area contributed by atoms with Crippen molar-refractivity contribution in [2.45, 2.75) is 70.9 Å². The number of benzene rings is 1. The molecule has 25 heavy (non-hydrogen) atoms. The normalized spacial score (nSPS) is 35.2. The lowest BCUT2D eigenvalue weighted by Crippen LogP contribution is -2.57. The van der Waals surface area contributed by atoms with E-state index in [9.17, 15) is 4.79 Å². The lowest BCUT2D eigenvalue weighted by molar-refractivity contribution is -0.132. The van der Waals surface area contributed by atoms with Crippen LogP contribution >= 0.6 is 0 Å². The van der Waals surface area contributed by atoms with E-state index >= 15 is 0 Å². The second kappa shape index (κ2) is 6.66. The summed E-state index contributed by atoms with van der Waals surface area (Å²) in [6.07, 6.45) is 8.55. The molecule has 5 rings (SSSR count). The van der Waals surface area contributed by atoms with Crippen LogP contribution < -0.4 is 10.1 Å². The Morgan fingerprint density at radius 2 is 1.68 bits per heavy atom. The van der Waals surface area contributed by atoms with E-state index in [4.69, 9.17) is 4.74 Å². The van der Waals surface area contributed by atoms with E-state index in [1.54, 1.807) is 0 Å². The molecule has 1 amide bonds. The molecule has 0 saturated heterocycles. The molecular weight excluding hydrogens is 310 g/mol. The molecular formula is C22H31NO2. The highest BCUT2D eigenvalue weighted by Crippen LogP contribution is 2.61. The highest BCUT2D eigenvalue weighted by Gasteiger charge is 2.53. The summed E-state index contributed by atoms with van der Waals surface area (Å²) in [6.45, 7) is 4.25. The second-order valence-electron chi connectivity index (χ2n) is 8.84. The molecule has 136 valence electrons. The third-order valence-corrected chi connectivity index (χ3v) is 7.05. The fourth-order valence-corrected chi connectivity index (χ4v) is 6.15. The first-order chi connectivity index (χ1) is 12.1. The van der Waals surface area contributed by atoms with Gasteiger partial charge in [-0.1, -0.05) is 25.1 Å². The van der Waals surface area contributed by atoms with Gasteiger partial charge >= 0.3 is 0 Å². The van der Waals surface area contributed by atoms with Crippen molar-refractivity contribution < 1.29 is 9.53 Å². The van der Waals surface area contributed by atoms with E-state index in [1.807, 2.05) is 37.3 Å². The lowest BCUT2D eigenvalue weighted by Gasteiger charge is -2.59.